The van der Waals surface area contributed by atoms with E-state index >= 15 is 0 Å². The van der Waals surface area contributed by atoms with Gasteiger partial charge in [-0.3, -0.25) is 0 Å². The molecule has 8 nitrogen and oxygen atoms in total. The Balaban J connectivity index is 1.32. The average molecular weight is 441 g/mol. The van der Waals surface area contributed by atoms with Gasteiger partial charge in [0.05, 0.1) is 16.4 Å². The van der Waals surface area contributed by atoms with Crippen LogP contribution in [0, 0.1) is 18.3 Å². The van der Waals surface area contributed by atoms with E-state index < -0.39 is 10.0 Å². The molecule has 1 aliphatic carbocycles. The van der Waals surface area contributed by atoms with Crippen LogP contribution >= 0.6 is 0 Å². The van der Waals surface area contributed by atoms with E-state index in [4.69, 9.17) is 9.47 Å². The Labute approximate surface area is 181 Å². The Hall–Kier alpha value is -2.70. The molecule has 3 fully saturated rings. The number of fused-ring (bicyclic) bond motifs is 2. The number of rotatable bonds is 6. The summed E-state index contributed by atoms with van der Waals surface area (Å²) < 4.78 is 39.5. The lowest BCUT2D eigenvalue weighted by Gasteiger charge is -2.37. The Morgan fingerprint density at radius 3 is 2.42 bits per heavy atom. The number of hydrogen-bond donors (Lipinski definition) is 0. The standard InChI is InChI=1S/C22H24N4O4S/c1-14-21(24-13-25-22(14)30-20-5-3-2-4-15(20)12-23)29-18-10-16-6-7-17(11-18)26(16)31(27,28)19-8-9-19/h2-5,13,16-19H,6-11H2,1H3. The van der Waals surface area contributed by atoms with Crippen LogP contribution in [0.4, 0.5) is 0 Å². The third kappa shape index (κ3) is 3.75. The summed E-state index contributed by atoms with van der Waals surface area (Å²) >= 11 is 0. The zero-order valence-corrected chi connectivity index (χ0v) is 18.1. The molecule has 2 atom stereocenters. The summed E-state index contributed by atoms with van der Waals surface area (Å²) in [5.74, 6) is 1.20. The van der Waals surface area contributed by atoms with E-state index in [-0.39, 0.29) is 23.4 Å². The van der Waals surface area contributed by atoms with Crippen LogP contribution in [0.2, 0.25) is 0 Å². The number of nitrogens with zero attached hydrogens (tertiary/aromatic N) is 4. The van der Waals surface area contributed by atoms with Gasteiger partial charge in [-0.15, -0.1) is 0 Å². The molecule has 0 spiro atoms. The molecule has 5 rings (SSSR count). The second-order valence-electron chi connectivity index (χ2n) is 8.49. The van der Waals surface area contributed by atoms with Crippen molar-refractivity contribution in [2.24, 2.45) is 0 Å². The third-order valence-electron chi connectivity index (χ3n) is 6.35. The minimum atomic E-state index is -3.17. The van der Waals surface area contributed by atoms with Gasteiger partial charge in [0.2, 0.25) is 21.8 Å². The lowest BCUT2D eigenvalue weighted by atomic mass is 10.0. The largest absolute Gasteiger partial charge is 0.474 e. The molecule has 2 aromatic rings. The zero-order valence-electron chi connectivity index (χ0n) is 17.3. The van der Waals surface area contributed by atoms with Crippen LogP contribution in [0.5, 0.6) is 17.5 Å². The number of piperidine rings is 1. The van der Waals surface area contributed by atoms with Crippen LogP contribution in [0.25, 0.3) is 0 Å². The first-order valence-electron chi connectivity index (χ1n) is 10.6. The molecule has 1 aromatic heterocycles. The van der Waals surface area contributed by atoms with Crippen molar-refractivity contribution < 1.29 is 17.9 Å². The van der Waals surface area contributed by atoms with Crippen molar-refractivity contribution in [1.82, 2.24) is 14.3 Å². The highest BCUT2D eigenvalue weighted by molar-refractivity contribution is 7.90. The SMILES string of the molecule is Cc1c(Oc2ccccc2C#N)ncnc1OC1CC2CCC(C1)N2S(=O)(=O)C1CC1. The van der Waals surface area contributed by atoms with Crippen molar-refractivity contribution >= 4 is 10.0 Å². The molecular formula is C22H24N4O4S. The van der Waals surface area contributed by atoms with Gasteiger partial charge in [-0.2, -0.15) is 9.57 Å². The number of sulfonamides is 1. The van der Waals surface area contributed by atoms with Gasteiger partial charge in [-0.05, 0) is 44.7 Å². The number of ether oxygens (including phenoxy) is 2. The predicted molar refractivity (Wildman–Crippen MR) is 112 cm³/mol. The van der Waals surface area contributed by atoms with Crippen LogP contribution < -0.4 is 9.47 Å². The molecule has 2 saturated heterocycles. The minimum Gasteiger partial charge on any atom is -0.474 e. The van der Waals surface area contributed by atoms with Crippen molar-refractivity contribution in [2.75, 3.05) is 0 Å². The highest BCUT2D eigenvalue weighted by Gasteiger charge is 2.52. The molecule has 9 heteroatoms. The molecule has 2 unspecified atom stereocenters. The second kappa shape index (κ2) is 7.77. The first-order valence-corrected chi connectivity index (χ1v) is 12.1. The number of benzene rings is 1. The first-order chi connectivity index (χ1) is 15.0. The smallest absolute Gasteiger partial charge is 0.229 e. The van der Waals surface area contributed by atoms with Crippen molar-refractivity contribution in [3.63, 3.8) is 0 Å². The van der Waals surface area contributed by atoms with Gasteiger partial charge < -0.3 is 9.47 Å². The highest BCUT2D eigenvalue weighted by Crippen LogP contribution is 2.44. The molecule has 2 aliphatic heterocycles. The van der Waals surface area contributed by atoms with Crippen LogP contribution in [0.1, 0.15) is 49.7 Å². The monoisotopic (exact) mass is 440 g/mol. The molecule has 2 bridgehead atoms. The fourth-order valence-electron chi connectivity index (χ4n) is 4.68. The van der Waals surface area contributed by atoms with Gasteiger partial charge in [-0.1, -0.05) is 12.1 Å². The van der Waals surface area contributed by atoms with E-state index in [0.29, 0.717) is 41.5 Å². The Morgan fingerprint density at radius 2 is 1.74 bits per heavy atom. The summed E-state index contributed by atoms with van der Waals surface area (Å²) in [5.41, 5.74) is 1.07. The summed E-state index contributed by atoms with van der Waals surface area (Å²) in [6.45, 7) is 1.82. The van der Waals surface area contributed by atoms with Crippen LogP contribution in [-0.2, 0) is 10.0 Å². The molecule has 0 radical (unpaired) electrons. The van der Waals surface area contributed by atoms with Gasteiger partial charge >= 0.3 is 0 Å². The van der Waals surface area contributed by atoms with Gasteiger partial charge in [0.1, 0.15) is 24.3 Å². The van der Waals surface area contributed by atoms with Crippen LogP contribution in [0.3, 0.4) is 0 Å². The second-order valence-corrected chi connectivity index (χ2v) is 10.6. The zero-order chi connectivity index (χ0) is 21.6. The van der Waals surface area contributed by atoms with E-state index in [9.17, 15) is 13.7 Å². The molecule has 3 heterocycles. The maximum absolute atomic E-state index is 12.8. The topological polar surface area (TPSA) is 105 Å². The van der Waals surface area contributed by atoms with Gasteiger partial charge in [0.15, 0.2) is 0 Å². The Kier molecular flexibility index (Phi) is 5.07. The van der Waals surface area contributed by atoms with E-state index in [0.717, 1.165) is 25.7 Å². The number of hydrogen-bond acceptors (Lipinski definition) is 7. The lowest BCUT2D eigenvalue weighted by Crippen LogP contribution is -2.50. The van der Waals surface area contributed by atoms with Crippen LogP contribution in [0.15, 0.2) is 30.6 Å². The third-order valence-corrected chi connectivity index (χ3v) is 8.84. The molecule has 162 valence electrons. The maximum Gasteiger partial charge on any atom is 0.229 e. The fraction of sp³-hybridized carbons (Fsp3) is 0.500. The lowest BCUT2D eigenvalue weighted by molar-refractivity contribution is 0.0906. The summed E-state index contributed by atoms with van der Waals surface area (Å²) in [4.78, 5) is 8.49. The highest BCUT2D eigenvalue weighted by atomic mass is 32.2. The minimum absolute atomic E-state index is 0.00900. The van der Waals surface area contributed by atoms with Crippen molar-refractivity contribution in [1.29, 1.82) is 5.26 Å². The summed E-state index contributed by atoms with van der Waals surface area (Å²) in [5, 5.41) is 9.10. The Bertz CT molecular complexity index is 1130. The number of aromatic nitrogens is 2. The number of nitriles is 1. The van der Waals surface area contributed by atoms with Crippen molar-refractivity contribution in [3.8, 4) is 23.6 Å². The molecule has 0 amide bonds. The first kappa shape index (κ1) is 20.2. The number of para-hydroxylation sites is 1. The molecule has 1 saturated carbocycles. The molecule has 0 N–H and O–H groups in total. The normalized spacial score (nSPS) is 25.7. The molecule has 3 aliphatic rings. The quantitative estimate of drug-likeness (QED) is 0.678. The fourth-order valence-corrected chi connectivity index (χ4v) is 6.97. The van der Waals surface area contributed by atoms with Crippen molar-refractivity contribution in [3.05, 3.63) is 41.7 Å². The van der Waals surface area contributed by atoms with Crippen LogP contribution in [-0.4, -0.2) is 46.1 Å². The summed E-state index contributed by atoms with van der Waals surface area (Å²) in [6.07, 6.45) is 5.96. The van der Waals surface area contributed by atoms with E-state index in [1.165, 1.54) is 6.33 Å². The maximum atomic E-state index is 12.8. The summed E-state index contributed by atoms with van der Waals surface area (Å²) in [7, 11) is -3.17. The van der Waals surface area contributed by atoms with E-state index in [1.807, 2.05) is 6.92 Å². The van der Waals surface area contributed by atoms with Crippen molar-refractivity contribution in [2.45, 2.75) is 68.9 Å². The van der Waals surface area contributed by atoms with Gasteiger partial charge in [-0.25, -0.2) is 18.4 Å². The Morgan fingerprint density at radius 1 is 1.06 bits per heavy atom. The predicted octanol–water partition coefficient (Wildman–Crippen LogP) is 3.32. The molecule has 31 heavy (non-hydrogen) atoms. The van der Waals surface area contributed by atoms with Gasteiger partial charge in [0, 0.05) is 24.9 Å². The van der Waals surface area contributed by atoms with Gasteiger partial charge in [0.25, 0.3) is 0 Å². The molecule has 1 aromatic carbocycles. The van der Waals surface area contributed by atoms with E-state index in [1.54, 1.807) is 28.6 Å². The molecular weight excluding hydrogens is 416 g/mol. The van der Waals surface area contributed by atoms with E-state index in [2.05, 4.69) is 16.0 Å². The summed E-state index contributed by atoms with van der Waals surface area (Å²) in [6, 6.07) is 9.09. The average Bonchev–Trinajstić information content (AvgIpc) is 3.57.